The molecule has 0 saturated carbocycles. The molecule has 0 unspecified atom stereocenters. The number of hydrogen-bond acceptors (Lipinski definition) is 3. The first-order chi connectivity index (χ1) is 11.5. The highest BCUT2D eigenvalue weighted by molar-refractivity contribution is 9.10. The van der Waals surface area contributed by atoms with Gasteiger partial charge in [-0.25, -0.2) is 8.42 Å². The number of hydrogen-bond donors (Lipinski definition) is 1. The molecule has 0 heterocycles. The first-order valence-corrected chi connectivity index (χ1v) is 9.42. The highest BCUT2D eigenvalue weighted by Crippen LogP contribution is 2.31. The van der Waals surface area contributed by atoms with Crippen molar-refractivity contribution >= 4 is 31.6 Å². The van der Waals surface area contributed by atoms with Crippen molar-refractivity contribution in [3.05, 3.63) is 83.3 Å². The summed E-state index contributed by atoms with van der Waals surface area (Å²) < 4.78 is 34.2. The zero-order chi connectivity index (χ0) is 17.0. The van der Waals surface area contributed by atoms with Crippen LogP contribution >= 0.6 is 15.9 Å². The Hall–Kier alpha value is -2.31. The molecule has 0 saturated heterocycles. The molecule has 122 valence electrons. The van der Waals surface area contributed by atoms with E-state index in [1.807, 2.05) is 18.2 Å². The van der Waals surface area contributed by atoms with Gasteiger partial charge in [0.05, 0.1) is 10.6 Å². The van der Waals surface area contributed by atoms with Crippen LogP contribution in [0.4, 0.5) is 5.69 Å². The van der Waals surface area contributed by atoms with Crippen molar-refractivity contribution in [1.29, 1.82) is 0 Å². The van der Waals surface area contributed by atoms with Crippen molar-refractivity contribution in [3.8, 4) is 11.5 Å². The Kier molecular flexibility index (Phi) is 4.87. The molecule has 3 aromatic carbocycles. The molecular formula is C18H14BrNO3S. The number of sulfonamides is 1. The summed E-state index contributed by atoms with van der Waals surface area (Å²) in [6.07, 6.45) is 0. The Balaban J connectivity index is 1.90. The SMILES string of the molecule is O=S(=O)(Nc1ccccc1Oc1ccccc1)c1cccc(Br)c1. The molecule has 0 aliphatic carbocycles. The third-order valence-corrected chi connectivity index (χ3v) is 5.07. The van der Waals surface area contributed by atoms with Crippen molar-refractivity contribution in [2.24, 2.45) is 0 Å². The standard InChI is InChI=1S/C18H14BrNO3S/c19-14-7-6-10-16(13-14)24(21,22)20-17-11-4-5-12-18(17)23-15-8-2-1-3-9-15/h1-13,20H. The maximum Gasteiger partial charge on any atom is 0.262 e. The van der Waals surface area contributed by atoms with Crippen LogP contribution in [0.3, 0.4) is 0 Å². The fraction of sp³-hybridized carbons (Fsp3) is 0. The van der Waals surface area contributed by atoms with Crippen LogP contribution < -0.4 is 9.46 Å². The minimum absolute atomic E-state index is 0.173. The van der Waals surface area contributed by atoms with E-state index in [1.165, 1.54) is 6.07 Å². The lowest BCUT2D eigenvalue weighted by Crippen LogP contribution is -2.13. The Morgan fingerprint density at radius 3 is 2.29 bits per heavy atom. The number of anilines is 1. The molecule has 4 nitrogen and oxygen atoms in total. The van der Waals surface area contributed by atoms with Crippen LogP contribution in [0, 0.1) is 0 Å². The quantitative estimate of drug-likeness (QED) is 0.648. The van der Waals surface area contributed by atoms with Gasteiger partial charge >= 0.3 is 0 Å². The van der Waals surface area contributed by atoms with E-state index in [0.717, 1.165) is 0 Å². The summed E-state index contributed by atoms with van der Waals surface area (Å²) in [6.45, 7) is 0. The molecule has 3 rings (SSSR count). The van der Waals surface area contributed by atoms with Gasteiger partial charge in [0.15, 0.2) is 5.75 Å². The summed E-state index contributed by atoms with van der Waals surface area (Å²) >= 11 is 3.28. The van der Waals surface area contributed by atoms with Crippen molar-refractivity contribution in [3.63, 3.8) is 0 Å². The molecular weight excluding hydrogens is 390 g/mol. The normalized spacial score (nSPS) is 11.0. The monoisotopic (exact) mass is 403 g/mol. The maximum atomic E-state index is 12.6. The van der Waals surface area contributed by atoms with Crippen molar-refractivity contribution in [1.82, 2.24) is 0 Å². The van der Waals surface area contributed by atoms with Gasteiger partial charge in [-0.3, -0.25) is 4.72 Å². The largest absolute Gasteiger partial charge is 0.455 e. The van der Waals surface area contributed by atoms with Gasteiger partial charge in [-0.15, -0.1) is 0 Å². The maximum absolute atomic E-state index is 12.6. The van der Waals surface area contributed by atoms with Crippen molar-refractivity contribution in [2.45, 2.75) is 4.90 Å². The van der Waals surface area contributed by atoms with Gasteiger partial charge in [-0.1, -0.05) is 52.3 Å². The second-order valence-corrected chi connectivity index (χ2v) is 7.57. The number of benzene rings is 3. The smallest absolute Gasteiger partial charge is 0.262 e. The summed E-state index contributed by atoms with van der Waals surface area (Å²) in [4.78, 5) is 0.173. The molecule has 24 heavy (non-hydrogen) atoms. The van der Waals surface area contributed by atoms with Gasteiger partial charge in [-0.05, 0) is 42.5 Å². The molecule has 3 aromatic rings. The first kappa shape index (κ1) is 16.5. The Labute approximate surface area is 149 Å². The molecule has 0 radical (unpaired) electrons. The molecule has 6 heteroatoms. The molecule has 0 aromatic heterocycles. The molecule has 0 bridgehead atoms. The summed E-state index contributed by atoms with van der Waals surface area (Å²) in [5.41, 5.74) is 0.376. The number of rotatable bonds is 5. The van der Waals surface area contributed by atoms with Crippen LogP contribution in [-0.4, -0.2) is 8.42 Å². The summed E-state index contributed by atoms with van der Waals surface area (Å²) in [5, 5.41) is 0. The van der Waals surface area contributed by atoms with E-state index < -0.39 is 10.0 Å². The fourth-order valence-corrected chi connectivity index (χ4v) is 3.76. The highest BCUT2D eigenvalue weighted by atomic mass is 79.9. The lowest BCUT2D eigenvalue weighted by atomic mass is 10.3. The van der Waals surface area contributed by atoms with Crippen molar-refractivity contribution < 1.29 is 13.2 Å². The summed E-state index contributed by atoms with van der Waals surface area (Å²) in [6, 6.07) is 22.6. The highest BCUT2D eigenvalue weighted by Gasteiger charge is 2.17. The van der Waals surface area contributed by atoms with E-state index in [9.17, 15) is 8.42 Å². The molecule has 0 fully saturated rings. The number of para-hydroxylation sites is 3. The number of nitrogens with one attached hydrogen (secondary N) is 1. The molecule has 0 spiro atoms. The van der Waals surface area contributed by atoms with Gasteiger partial charge in [0.25, 0.3) is 10.0 Å². The fourth-order valence-electron chi connectivity index (χ4n) is 2.09. The van der Waals surface area contributed by atoms with Gasteiger partial charge in [0.2, 0.25) is 0 Å². The Morgan fingerprint density at radius 1 is 0.833 bits per heavy atom. The summed E-state index contributed by atoms with van der Waals surface area (Å²) in [7, 11) is -3.71. The predicted molar refractivity (Wildman–Crippen MR) is 97.9 cm³/mol. The van der Waals surface area contributed by atoms with Gasteiger partial charge in [-0.2, -0.15) is 0 Å². The third kappa shape index (κ3) is 3.96. The predicted octanol–water partition coefficient (Wildman–Crippen LogP) is 5.04. The van der Waals surface area contributed by atoms with E-state index in [0.29, 0.717) is 21.7 Å². The van der Waals surface area contributed by atoms with Crippen LogP contribution in [0.2, 0.25) is 0 Å². The molecule has 0 atom stereocenters. The van der Waals surface area contributed by atoms with Gasteiger partial charge in [0, 0.05) is 4.47 Å². The third-order valence-electron chi connectivity index (χ3n) is 3.21. The van der Waals surface area contributed by atoms with Crippen LogP contribution in [0.1, 0.15) is 0 Å². The lowest BCUT2D eigenvalue weighted by Gasteiger charge is -2.13. The topological polar surface area (TPSA) is 55.4 Å². The minimum Gasteiger partial charge on any atom is -0.455 e. The minimum atomic E-state index is -3.71. The van der Waals surface area contributed by atoms with Gasteiger partial charge in [0.1, 0.15) is 5.75 Å². The Bertz CT molecular complexity index is 943. The molecule has 0 aliphatic rings. The van der Waals surface area contributed by atoms with E-state index in [2.05, 4.69) is 20.7 Å². The van der Waals surface area contributed by atoms with Crippen LogP contribution in [-0.2, 0) is 10.0 Å². The van der Waals surface area contributed by atoms with Crippen molar-refractivity contribution in [2.75, 3.05) is 4.72 Å². The molecule has 0 amide bonds. The van der Waals surface area contributed by atoms with E-state index >= 15 is 0 Å². The number of ether oxygens (including phenoxy) is 1. The van der Waals surface area contributed by atoms with E-state index in [4.69, 9.17) is 4.74 Å². The average molecular weight is 404 g/mol. The summed E-state index contributed by atoms with van der Waals surface area (Å²) in [5.74, 6) is 1.06. The first-order valence-electron chi connectivity index (χ1n) is 7.15. The van der Waals surface area contributed by atoms with Crippen LogP contribution in [0.25, 0.3) is 0 Å². The second-order valence-electron chi connectivity index (χ2n) is 4.97. The van der Waals surface area contributed by atoms with Gasteiger partial charge < -0.3 is 4.74 Å². The van der Waals surface area contributed by atoms with E-state index in [1.54, 1.807) is 54.6 Å². The van der Waals surface area contributed by atoms with E-state index in [-0.39, 0.29) is 4.90 Å². The average Bonchev–Trinajstić information content (AvgIpc) is 2.57. The zero-order valence-corrected chi connectivity index (χ0v) is 14.9. The number of halogens is 1. The second kappa shape index (κ2) is 7.07. The zero-order valence-electron chi connectivity index (χ0n) is 12.5. The molecule has 0 aliphatic heterocycles. The van der Waals surface area contributed by atoms with Crippen LogP contribution in [0.5, 0.6) is 11.5 Å². The lowest BCUT2D eigenvalue weighted by molar-refractivity contribution is 0.485. The van der Waals surface area contributed by atoms with Crippen LogP contribution in [0.15, 0.2) is 88.2 Å². The Morgan fingerprint density at radius 2 is 1.54 bits per heavy atom. The molecule has 1 N–H and O–H groups in total.